The molecule has 21 nitrogen and oxygen atoms in total. The summed E-state index contributed by atoms with van der Waals surface area (Å²) in [6.45, 7) is 5.79. The first-order valence-corrected chi connectivity index (χ1v) is 22.2. The van der Waals surface area contributed by atoms with Crippen molar-refractivity contribution in [2.24, 2.45) is 0 Å². The van der Waals surface area contributed by atoms with E-state index < -0.39 is 32.5 Å². The van der Waals surface area contributed by atoms with Gasteiger partial charge in [0.25, 0.3) is 34.8 Å². The van der Waals surface area contributed by atoms with Gasteiger partial charge in [0, 0.05) is 89.6 Å². The van der Waals surface area contributed by atoms with Crippen LogP contribution in [0.15, 0.2) is 110 Å². The Hall–Kier alpha value is -8.61. The molecule has 3 amide bonds. The molecular weight excluding hydrogens is 961 g/mol. The average Bonchev–Trinajstić information content (AvgIpc) is 3.93. The minimum Gasteiger partial charge on any atom is -0.349 e. The molecule has 3 aliphatic rings. The number of benzene rings is 3. The molecule has 6 aromatic rings. The minimum atomic E-state index is -0.540. The Morgan fingerprint density at radius 2 is 1.04 bits per heavy atom. The summed E-state index contributed by atoms with van der Waals surface area (Å²) in [5.41, 5.74) is 5.07. The quantitative estimate of drug-likeness (QED) is 0.0423. The van der Waals surface area contributed by atoms with Gasteiger partial charge in [-0.1, -0.05) is 63.5 Å². The van der Waals surface area contributed by atoms with Crippen molar-refractivity contribution in [3.8, 4) is 0 Å². The van der Waals surface area contributed by atoms with E-state index in [0.717, 1.165) is 23.1 Å². The monoisotopic (exact) mass is 998 g/mol. The number of thiocarbonyl (C=S) groups is 3. The fourth-order valence-electron chi connectivity index (χ4n) is 7.50. The maximum atomic E-state index is 12.3. The highest BCUT2D eigenvalue weighted by Crippen LogP contribution is 2.43. The number of pyridine rings is 3. The summed E-state index contributed by atoms with van der Waals surface area (Å²) in [5.74, 6) is -1.52. The SMILES string of the molecule is CC1C(=S)Nc2cc([N+](=O)[O-])c(NC(=O)c3ccccn3)cc21.CC1C(=S)Nc2cc([N+](=O)[O-])c(NC(=O)c3cccnc3)cc21.CCC1C(=S)Nc2cc([N+](=O)[O-])c(NC(=O)c3ccncc3)cc21. The van der Waals surface area contributed by atoms with Crippen LogP contribution in [0, 0.1) is 30.3 Å². The van der Waals surface area contributed by atoms with Crippen LogP contribution < -0.4 is 31.9 Å². The number of nitro groups is 3. The van der Waals surface area contributed by atoms with Crippen LogP contribution in [0.5, 0.6) is 0 Å². The van der Waals surface area contributed by atoms with Crippen molar-refractivity contribution in [2.45, 2.75) is 44.9 Å². The molecule has 354 valence electrons. The molecule has 0 bridgehead atoms. The van der Waals surface area contributed by atoms with Gasteiger partial charge in [0.1, 0.15) is 22.8 Å². The normalized spacial score (nSPS) is 15.6. The Bertz CT molecular complexity index is 3010. The summed E-state index contributed by atoms with van der Waals surface area (Å²) in [6.07, 6.45) is 8.17. The highest BCUT2D eigenvalue weighted by Gasteiger charge is 2.32. The van der Waals surface area contributed by atoms with Crippen LogP contribution >= 0.6 is 36.7 Å². The third-order valence-electron chi connectivity index (χ3n) is 11.2. The Morgan fingerprint density at radius 1 is 0.571 bits per heavy atom. The lowest BCUT2D eigenvalue weighted by Crippen LogP contribution is -2.14. The van der Waals surface area contributed by atoms with Gasteiger partial charge in [-0.25, -0.2) is 0 Å². The number of rotatable bonds is 10. The Balaban J connectivity index is 0.000000155. The van der Waals surface area contributed by atoms with Crippen molar-refractivity contribution in [2.75, 3.05) is 31.9 Å². The molecule has 3 unspecified atom stereocenters. The van der Waals surface area contributed by atoms with Crippen LogP contribution in [0.1, 0.15) is 92.8 Å². The predicted molar refractivity (Wildman–Crippen MR) is 274 cm³/mol. The summed E-state index contributed by atoms with van der Waals surface area (Å²) in [7, 11) is 0. The number of hydrogen-bond donors (Lipinski definition) is 6. The summed E-state index contributed by atoms with van der Waals surface area (Å²) in [6, 6.07) is 20.2. The number of nitrogens with zero attached hydrogens (tertiary/aromatic N) is 6. The molecule has 3 aliphatic heterocycles. The molecular formula is C46H38N12O9S3. The van der Waals surface area contributed by atoms with Gasteiger partial charge in [-0.05, 0) is 77.7 Å². The molecule has 24 heteroatoms. The number of hydrogen-bond acceptors (Lipinski definition) is 15. The van der Waals surface area contributed by atoms with E-state index in [1.54, 1.807) is 60.8 Å². The van der Waals surface area contributed by atoms with E-state index >= 15 is 0 Å². The number of amides is 3. The number of nitrogens with one attached hydrogen (secondary N) is 6. The lowest BCUT2D eigenvalue weighted by molar-refractivity contribution is -0.384. The third-order valence-corrected chi connectivity index (χ3v) is 12.5. The number of aromatic nitrogens is 3. The number of carbonyl (C=O) groups excluding carboxylic acids is 3. The molecule has 9 rings (SSSR count). The molecule has 70 heavy (non-hydrogen) atoms. The molecule has 0 aliphatic carbocycles. The fraction of sp³-hybridized carbons (Fsp3) is 0.152. The summed E-state index contributed by atoms with van der Waals surface area (Å²) < 4.78 is 0. The van der Waals surface area contributed by atoms with E-state index in [1.807, 2.05) is 20.8 Å². The third kappa shape index (κ3) is 10.7. The molecule has 6 heterocycles. The standard InChI is InChI=1S/C16H14N4O3S.2C15H12N4O3S/c1-2-10-11-7-13(18-15(21)9-3-5-17-6-4-9)14(20(22)23)8-12(11)19-16(10)24;1-8-10-5-12(17-14(20)9-3-2-4-16-7-9)13(19(21)22)6-11(10)18-15(8)23;1-8-9-6-12(17-14(20)10-4-2-3-5-16-10)13(19(21)22)7-11(9)18-15(8)23/h3-8,10H,2H2,1H3,(H,18,21)(H,19,24);2*2-8H,1H3,(H,17,20)(H,18,23). The number of fused-ring (bicyclic) bond motifs is 3. The molecule has 0 fully saturated rings. The molecule has 3 aromatic carbocycles. The number of nitro benzene ring substituents is 3. The fourth-order valence-corrected chi connectivity index (χ4v) is 8.38. The zero-order valence-corrected chi connectivity index (χ0v) is 39.4. The van der Waals surface area contributed by atoms with Crippen LogP contribution in [-0.2, 0) is 0 Å². The van der Waals surface area contributed by atoms with Crippen LogP contribution in [0.3, 0.4) is 0 Å². The van der Waals surface area contributed by atoms with E-state index in [1.165, 1.54) is 49.1 Å². The van der Waals surface area contributed by atoms with Crippen molar-refractivity contribution >= 4 is 121 Å². The Labute approximate surface area is 413 Å². The molecule has 6 N–H and O–H groups in total. The maximum Gasteiger partial charge on any atom is 0.294 e. The zero-order chi connectivity index (χ0) is 50.4. The zero-order valence-electron chi connectivity index (χ0n) is 36.9. The second kappa shape index (κ2) is 21.1. The van der Waals surface area contributed by atoms with Crippen molar-refractivity contribution in [1.82, 2.24) is 15.0 Å². The van der Waals surface area contributed by atoms with E-state index in [0.29, 0.717) is 43.2 Å². The van der Waals surface area contributed by atoms with Gasteiger partial charge in [0.15, 0.2) is 0 Å². The molecule has 0 saturated heterocycles. The molecule has 0 radical (unpaired) electrons. The van der Waals surface area contributed by atoms with Gasteiger partial charge in [-0.2, -0.15) is 0 Å². The Morgan fingerprint density at radius 3 is 1.50 bits per heavy atom. The van der Waals surface area contributed by atoms with Crippen molar-refractivity contribution < 1.29 is 29.2 Å². The van der Waals surface area contributed by atoms with Gasteiger partial charge in [-0.15, -0.1) is 0 Å². The maximum absolute atomic E-state index is 12.3. The highest BCUT2D eigenvalue weighted by molar-refractivity contribution is 7.81. The smallest absolute Gasteiger partial charge is 0.294 e. The first-order valence-electron chi connectivity index (χ1n) is 21.0. The summed E-state index contributed by atoms with van der Waals surface area (Å²) >= 11 is 15.7. The van der Waals surface area contributed by atoms with Crippen molar-refractivity contribution in [3.05, 3.63) is 174 Å². The topological polar surface area (TPSA) is 291 Å². The van der Waals surface area contributed by atoms with Gasteiger partial charge in [-0.3, -0.25) is 59.7 Å². The summed E-state index contributed by atoms with van der Waals surface area (Å²) in [4.78, 5) is 82.5. The lowest BCUT2D eigenvalue weighted by Gasteiger charge is -2.10. The largest absolute Gasteiger partial charge is 0.349 e. The Kier molecular flexibility index (Phi) is 14.9. The molecule has 3 aromatic heterocycles. The van der Waals surface area contributed by atoms with Gasteiger partial charge in [0.05, 0.1) is 35.3 Å². The summed E-state index contributed by atoms with van der Waals surface area (Å²) in [5, 5.41) is 50.6. The second-order valence-electron chi connectivity index (χ2n) is 15.6. The number of carbonyl (C=O) groups is 3. The lowest BCUT2D eigenvalue weighted by atomic mass is 9.97. The van der Waals surface area contributed by atoms with Crippen LogP contribution in [0.2, 0.25) is 0 Å². The molecule has 3 atom stereocenters. The molecule has 0 spiro atoms. The van der Waals surface area contributed by atoms with Gasteiger partial charge in [0.2, 0.25) is 0 Å². The van der Waals surface area contributed by atoms with Crippen LogP contribution in [0.4, 0.5) is 51.2 Å². The predicted octanol–water partition coefficient (Wildman–Crippen LogP) is 9.69. The van der Waals surface area contributed by atoms with E-state index in [9.17, 15) is 44.7 Å². The van der Waals surface area contributed by atoms with E-state index in [2.05, 4.69) is 46.9 Å². The molecule has 0 saturated carbocycles. The minimum absolute atomic E-state index is 0.00705. The van der Waals surface area contributed by atoms with Gasteiger partial charge >= 0.3 is 0 Å². The van der Waals surface area contributed by atoms with E-state index in [-0.39, 0.29) is 57.6 Å². The van der Waals surface area contributed by atoms with Crippen molar-refractivity contribution in [3.63, 3.8) is 0 Å². The van der Waals surface area contributed by atoms with Crippen LogP contribution in [-0.4, -0.2) is 62.4 Å². The average molecular weight is 999 g/mol. The first kappa shape index (κ1) is 49.3. The number of anilines is 6. The second-order valence-corrected chi connectivity index (χ2v) is 16.9. The van der Waals surface area contributed by atoms with Crippen LogP contribution in [0.25, 0.3) is 0 Å². The van der Waals surface area contributed by atoms with Gasteiger partial charge < -0.3 is 31.9 Å². The first-order chi connectivity index (χ1) is 33.4. The van der Waals surface area contributed by atoms with E-state index in [4.69, 9.17) is 36.7 Å². The highest BCUT2D eigenvalue weighted by atomic mass is 32.1. The van der Waals surface area contributed by atoms with Crippen molar-refractivity contribution in [1.29, 1.82) is 0 Å².